The number of aromatic nitrogens is 2. The van der Waals surface area contributed by atoms with E-state index < -0.39 is 11.6 Å². The number of nitrogens with zero attached hydrogens (tertiary/aromatic N) is 2. The Hall–Kier alpha value is -3.22. The van der Waals surface area contributed by atoms with Crippen LogP contribution in [0.25, 0.3) is 0 Å². The maximum Gasteiger partial charge on any atom is 0.149 e. The SMILES string of the molecule is COc1ccc(C)cc1Nc1cc(Nc2c(F)cccc2F)ncn1. The van der Waals surface area contributed by atoms with Crippen molar-refractivity contribution in [2.24, 2.45) is 0 Å². The normalized spacial score (nSPS) is 10.4. The van der Waals surface area contributed by atoms with Crippen LogP contribution >= 0.6 is 0 Å². The summed E-state index contributed by atoms with van der Waals surface area (Å²) in [5.74, 6) is -0.0351. The fourth-order valence-electron chi connectivity index (χ4n) is 2.30. The van der Waals surface area contributed by atoms with E-state index in [9.17, 15) is 8.78 Å². The number of halogens is 2. The Morgan fingerprint density at radius 1 is 0.920 bits per heavy atom. The molecule has 25 heavy (non-hydrogen) atoms. The van der Waals surface area contributed by atoms with Crippen LogP contribution in [0.1, 0.15) is 5.56 Å². The van der Waals surface area contributed by atoms with Crippen molar-refractivity contribution in [2.75, 3.05) is 17.7 Å². The summed E-state index contributed by atoms with van der Waals surface area (Å²) in [6.45, 7) is 1.96. The molecule has 5 nitrogen and oxygen atoms in total. The van der Waals surface area contributed by atoms with Crippen molar-refractivity contribution in [1.82, 2.24) is 9.97 Å². The Balaban J connectivity index is 1.86. The van der Waals surface area contributed by atoms with Crippen LogP contribution in [0.5, 0.6) is 5.75 Å². The Morgan fingerprint density at radius 3 is 2.28 bits per heavy atom. The first-order chi connectivity index (χ1) is 12.1. The lowest BCUT2D eigenvalue weighted by atomic mass is 10.2. The quantitative estimate of drug-likeness (QED) is 0.712. The van der Waals surface area contributed by atoms with Gasteiger partial charge in [-0.15, -0.1) is 0 Å². The summed E-state index contributed by atoms with van der Waals surface area (Å²) in [7, 11) is 1.57. The number of methoxy groups -OCH3 is 1. The van der Waals surface area contributed by atoms with E-state index in [0.29, 0.717) is 11.6 Å². The molecule has 0 aliphatic rings. The van der Waals surface area contributed by atoms with Crippen LogP contribution in [0, 0.1) is 18.6 Å². The standard InChI is InChI=1S/C18H16F2N4O/c1-11-6-7-15(25-2)14(8-11)23-16-9-17(22-10-21-16)24-18-12(19)4-3-5-13(18)20/h3-10H,1-2H3,(H2,21,22,23,24). The van der Waals surface area contributed by atoms with Crippen LogP contribution < -0.4 is 15.4 Å². The summed E-state index contributed by atoms with van der Waals surface area (Å²) in [4.78, 5) is 8.11. The molecular formula is C18H16F2N4O. The molecule has 2 aromatic carbocycles. The van der Waals surface area contributed by atoms with E-state index in [1.165, 1.54) is 24.5 Å². The lowest BCUT2D eigenvalue weighted by Gasteiger charge is -2.12. The first kappa shape index (κ1) is 16.6. The number of hydrogen-bond acceptors (Lipinski definition) is 5. The Morgan fingerprint density at radius 2 is 1.60 bits per heavy atom. The fourth-order valence-corrected chi connectivity index (χ4v) is 2.30. The summed E-state index contributed by atoms with van der Waals surface area (Å²) in [5, 5.41) is 5.75. The second kappa shape index (κ2) is 7.12. The van der Waals surface area contributed by atoms with E-state index in [1.807, 2.05) is 25.1 Å². The molecule has 1 heterocycles. The van der Waals surface area contributed by atoms with Gasteiger partial charge in [-0.05, 0) is 36.8 Å². The smallest absolute Gasteiger partial charge is 0.149 e. The van der Waals surface area contributed by atoms with Crippen LogP contribution in [-0.4, -0.2) is 17.1 Å². The van der Waals surface area contributed by atoms with Gasteiger partial charge in [-0.25, -0.2) is 18.7 Å². The van der Waals surface area contributed by atoms with Gasteiger partial charge in [-0.1, -0.05) is 12.1 Å². The van der Waals surface area contributed by atoms with Crippen LogP contribution in [0.3, 0.4) is 0 Å². The molecule has 3 aromatic rings. The Kier molecular flexibility index (Phi) is 4.74. The molecule has 128 valence electrons. The van der Waals surface area contributed by atoms with Gasteiger partial charge in [0.15, 0.2) is 0 Å². The van der Waals surface area contributed by atoms with Crippen LogP contribution in [-0.2, 0) is 0 Å². The Bertz CT molecular complexity index is 882. The first-order valence-corrected chi connectivity index (χ1v) is 7.51. The van der Waals surface area contributed by atoms with Gasteiger partial charge in [0.05, 0.1) is 12.8 Å². The largest absolute Gasteiger partial charge is 0.495 e. The van der Waals surface area contributed by atoms with E-state index in [0.717, 1.165) is 11.3 Å². The maximum atomic E-state index is 13.7. The predicted octanol–water partition coefficient (Wildman–Crippen LogP) is 4.56. The molecule has 1 aromatic heterocycles. The zero-order valence-electron chi connectivity index (χ0n) is 13.7. The van der Waals surface area contributed by atoms with Crippen LogP contribution in [0.4, 0.5) is 31.8 Å². The maximum absolute atomic E-state index is 13.7. The average Bonchev–Trinajstić information content (AvgIpc) is 2.59. The summed E-state index contributed by atoms with van der Waals surface area (Å²) in [6.07, 6.45) is 1.30. The molecule has 0 amide bonds. The molecule has 0 atom stereocenters. The second-order valence-corrected chi connectivity index (χ2v) is 5.34. The van der Waals surface area contributed by atoms with E-state index in [-0.39, 0.29) is 11.5 Å². The van der Waals surface area contributed by atoms with Crippen LogP contribution in [0.2, 0.25) is 0 Å². The first-order valence-electron chi connectivity index (χ1n) is 7.51. The van der Waals surface area contributed by atoms with Gasteiger partial charge in [0.2, 0.25) is 0 Å². The summed E-state index contributed by atoms with van der Waals surface area (Å²) < 4.78 is 32.8. The molecule has 3 rings (SSSR count). The van der Waals surface area contributed by atoms with Gasteiger partial charge in [-0.3, -0.25) is 0 Å². The second-order valence-electron chi connectivity index (χ2n) is 5.34. The zero-order valence-corrected chi connectivity index (χ0v) is 13.7. The minimum absolute atomic E-state index is 0.258. The number of rotatable bonds is 5. The number of hydrogen-bond donors (Lipinski definition) is 2. The van der Waals surface area contributed by atoms with E-state index in [1.54, 1.807) is 13.2 Å². The van der Waals surface area contributed by atoms with Crippen molar-refractivity contribution >= 4 is 23.0 Å². The number of aryl methyl sites for hydroxylation is 1. The van der Waals surface area contributed by atoms with Gasteiger partial charge in [0, 0.05) is 6.07 Å². The Labute approximate surface area is 143 Å². The van der Waals surface area contributed by atoms with Crippen molar-refractivity contribution in [2.45, 2.75) is 6.92 Å². The highest BCUT2D eigenvalue weighted by molar-refractivity contribution is 5.67. The highest BCUT2D eigenvalue weighted by Crippen LogP contribution is 2.29. The summed E-state index contributed by atoms with van der Waals surface area (Å²) in [5.41, 5.74) is 1.51. The van der Waals surface area contributed by atoms with E-state index >= 15 is 0 Å². The average molecular weight is 342 g/mol. The van der Waals surface area contributed by atoms with Gasteiger partial charge < -0.3 is 15.4 Å². The number of benzene rings is 2. The van der Waals surface area contributed by atoms with Crippen molar-refractivity contribution in [3.8, 4) is 5.75 Å². The summed E-state index contributed by atoms with van der Waals surface area (Å²) >= 11 is 0. The number of ether oxygens (including phenoxy) is 1. The van der Waals surface area contributed by atoms with Crippen molar-refractivity contribution in [3.63, 3.8) is 0 Å². The third-order valence-corrected chi connectivity index (χ3v) is 3.50. The minimum Gasteiger partial charge on any atom is -0.495 e. The molecule has 0 saturated heterocycles. The molecule has 0 aliphatic carbocycles. The van der Waals surface area contributed by atoms with Gasteiger partial charge in [0.1, 0.15) is 41.0 Å². The lowest BCUT2D eigenvalue weighted by Crippen LogP contribution is -2.02. The highest BCUT2D eigenvalue weighted by atomic mass is 19.1. The van der Waals surface area contributed by atoms with E-state index in [4.69, 9.17) is 4.74 Å². The van der Waals surface area contributed by atoms with Gasteiger partial charge in [0.25, 0.3) is 0 Å². The van der Waals surface area contributed by atoms with E-state index in [2.05, 4.69) is 20.6 Å². The van der Waals surface area contributed by atoms with Crippen LogP contribution in [0.15, 0.2) is 48.8 Å². The molecule has 0 aliphatic heterocycles. The monoisotopic (exact) mass is 342 g/mol. The fraction of sp³-hybridized carbons (Fsp3) is 0.111. The van der Waals surface area contributed by atoms with Crippen molar-refractivity contribution in [3.05, 3.63) is 66.0 Å². The molecule has 0 saturated carbocycles. The summed E-state index contributed by atoms with van der Waals surface area (Å²) in [6, 6.07) is 10.9. The third kappa shape index (κ3) is 3.82. The molecule has 7 heteroatoms. The number of para-hydroxylation sites is 1. The molecular weight excluding hydrogens is 326 g/mol. The minimum atomic E-state index is -0.700. The molecule has 0 fully saturated rings. The van der Waals surface area contributed by atoms with Gasteiger partial charge in [-0.2, -0.15) is 0 Å². The molecule has 0 radical (unpaired) electrons. The van der Waals surface area contributed by atoms with Crippen molar-refractivity contribution < 1.29 is 13.5 Å². The predicted molar refractivity (Wildman–Crippen MR) is 92.7 cm³/mol. The molecule has 0 unspecified atom stereocenters. The number of nitrogens with one attached hydrogen (secondary N) is 2. The molecule has 0 spiro atoms. The van der Waals surface area contributed by atoms with Crippen molar-refractivity contribution in [1.29, 1.82) is 0 Å². The lowest BCUT2D eigenvalue weighted by molar-refractivity contribution is 0.416. The molecule has 0 bridgehead atoms. The number of anilines is 4. The van der Waals surface area contributed by atoms with Gasteiger partial charge >= 0.3 is 0 Å². The third-order valence-electron chi connectivity index (χ3n) is 3.50. The topological polar surface area (TPSA) is 59.1 Å². The molecule has 2 N–H and O–H groups in total. The highest BCUT2D eigenvalue weighted by Gasteiger charge is 2.10. The zero-order chi connectivity index (χ0) is 17.8.